The molecule has 2 saturated heterocycles. The predicted molar refractivity (Wildman–Crippen MR) is 121 cm³/mol. The summed E-state index contributed by atoms with van der Waals surface area (Å²) in [5.41, 5.74) is 3.76. The summed E-state index contributed by atoms with van der Waals surface area (Å²) >= 11 is 5.89. The molecule has 162 valence electrons. The zero-order chi connectivity index (χ0) is 22.6. The third-order valence-corrected chi connectivity index (χ3v) is 6.52. The van der Waals surface area contributed by atoms with E-state index in [0.717, 1.165) is 30.5 Å². The third kappa shape index (κ3) is 3.39. The van der Waals surface area contributed by atoms with Gasteiger partial charge in [0.15, 0.2) is 17.2 Å². The Bertz CT molecular complexity index is 1300. The minimum absolute atomic E-state index is 0.116. The first-order valence-electron chi connectivity index (χ1n) is 10.5. The summed E-state index contributed by atoms with van der Waals surface area (Å²) in [4.78, 5) is 27.4. The van der Waals surface area contributed by atoms with Crippen LogP contribution in [0.2, 0.25) is 5.15 Å². The maximum absolute atomic E-state index is 11.6. The maximum Gasteiger partial charge on any atom is 0.356 e. The summed E-state index contributed by atoms with van der Waals surface area (Å²) < 4.78 is 0. The van der Waals surface area contributed by atoms with Gasteiger partial charge in [-0.25, -0.2) is 19.7 Å². The lowest BCUT2D eigenvalue weighted by atomic mass is 9.86. The molecule has 0 amide bonds. The first-order chi connectivity index (χ1) is 15.3. The van der Waals surface area contributed by atoms with Crippen LogP contribution in [0.5, 0.6) is 0 Å². The van der Waals surface area contributed by atoms with Gasteiger partial charge in [0.1, 0.15) is 11.2 Å². The van der Waals surface area contributed by atoms with E-state index in [1.54, 1.807) is 12.1 Å². The number of carbonyl (C=O) groups is 1. The number of aryl methyl sites for hydroxylation is 1. The van der Waals surface area contributed by atoms with Crippen LogP contribution >= 0.6 is 11.6 Å². The molecular weight excluding hydrogens is 428 g/mol. The van der Waals surface area contributed by atoms with Gasteiger partial charge in [-0.3, -0.25) is 0 Å². The zero-order valence-corrected chi connectivity index (χ0v) is 18.4. The smallest absolute Gasteiger partial charge is 0.356 e. The predicted octanol–water partition coefficient (Wildman–Crippen LogP) is 4.33. The van der Waals surface area contributed by atoms with Crippen LogP contribution in [0.4, 0.5) is 11.5 Å². The van der Waals surface area contributed by atoms with E-state index in [0.29, 0.717) is 40.2 Å². The number of anilines is 2. The number of benzene rings is 1. The number of nitrogens with one attached hydrogen (secondary N) is 1. The molecule has 3 aliphatic rings. The van der Waals surface area contributed by atoms with Gasteiger partial charge in [0.2, 0.25) is 0 Å². The summed E-state index contributed by atoms with van der Waals surface area (Å²) in [5, 5.41) is 22.6. The van der Waals surface area contributed by atoms with E-state index in [1.807, 2.05) is 26.0 Å². The second-order valence-electron chi connectivity index (χ2n) is 8.57. The molecule has 9 heteroatoms. The summed E-state index contributed by atoms with van der Waals surface area (Å²) in [6, 6.07) is 9.45. The van der Waals surface area contributed by atoms with Gasteiger partial charge < -0.3 is 15.3 Å². The molecule has 0 spiro atoms. The second-order valence-corrected chi connectivity index (χ2v) is 8.96. The first kappa shape index (κ1) is 20.5. The van der Waals surface area contributed by atoms with Crippen LogP contribution in [-0.4, -0.2) is 38.6 Å². The third-order valence-electron chi connectivity index (χ3n) is 6.31. The number of pyridine rings is 1. The lowest BCUT2D eigenvalue weighted by Gasteiger charge is -2.27. The number of hydrogen-bond donors (Lipinski definition) is 2. The number of fused-ring (bicyclic) bond motifs is 2. The Hall–Kier alpha value is -3.44. The molecule has 8 nitrogen and oxygen atoms in total. The van der Waals surface area contributed by atoms with Gasteiger partial charge in [0, 0.05) is 18.2 Å². The van der Waals surface area contributed by atoms with E-state index in [-0.39, 0.29) is 16.9 Å². The van der Waals surface area contributed by atoms with Crippen molar-refractivity contribution in [3.8, 4) is 6.07 Å². The Kier molecular flexibility index (Phi) is 4.86. The average molecular weight is 449 g/mol. The van der Waals surface area contributed by atoms with Crippen LogP contribution in [0.1, 0.15) is 53.1 Å². The Morgan fingerprint density at radius 2 is 2.09 bits per heavy atom. The number of carboxylic acid groups (broad SMARTS) is 1. The number of nitriles is 1. The number of hydrogen-bond acceptors (Lipinski definition) is 7. The van der Waals surface area contributed by atoms with Crippen molar-refractivity contribution in [1.29, 1.82) is 5.26 Å². The van der Waals surface area contributed by atoms with E-state index in [4.69, 9.17) is 16.6 Å². The largest absolute Gasteiger partial charge is 0.476 e. The standard InChI is InChI=1S/C23H21ClN6O2/c1-11-5-15(12(2)26-16-3-4-19(24)28-21(16)23(31)32)20-17(6-11)27-18(9-25)22(29-20)30-10-13-7-14(30)8-13/h3-6,12-14,26H,7-8,10H2,1-2H3,(H,31,32)/t12-,13?,14?/m0/s1. The molecule has 1 saturated carbocycles. The van der Waals surface area contributed by atoms with E-state index >= 15 is 0 Å². The highest BCUT2D eigenvalue weighted by molar-refractivity contribution is 6.29. The molecule has 2 N–H and O–H groups in total. The molecule has 2 aromatic heterocycles. The molecule has 3 aromatic rings. The van der Waals surface area contributed by atoms with Gasteiger partial charge in [-0.05, 0) is 56.4 Å². The normalized spacial score (nSPS) is 20.0. The van der Waals surface area contributed by atoms with E-state index < -0.39 is 5.97 Å². The zero-order valence-electron chi connectivity index (χ0n) is 17.6. The molecule has 0 radical (unpaired) electrons. The summed E-state index contributed by atoms with van der Waals surface area (Å²) in [5.74, 6) is 0.153. The highest BCUT2D eigenvalue weighted by Gasteiger charge is 2.44. The fourth-order valence-electron chi connectivity index (χ4n) is 4.75. The summed E-state index contributed by atoms with van der Waals surface area (Å²) in [6.45, 7) is 4.80. The average Bonchev–Trinajstić information content (AvgIpc) is 3.34. The molecule has 1 aromatic carbocycles. The van der Waals surface area contributed by atoms with Gasteiger partial charge >= 0.3 is 5.97 Å². The number of carboxylic acids is 1. The highest BCUT2D eigenvalue weighted by atomic mass is 35.5. The lowest BCUT2D eigenvalue weighted by Crippen LogP contribution is -2.30. The SMILES string of the molecule is Cc1cc([C@H](C)Nc2ccc(Cl)nc2C(=O)O)c2nc(N3CC4CC3C4)c(C#N)nc2c1. The van der Waals surface area contributed by atoms with Crippen LogP contribution in [0.25, 0.3) is 11.0 Å². The van der Waals surface area contributed by atoms with Gasteiger partial charge in [0.05, 0.1) is 22.8 Å². The fraction of sp³-hybridized carbons (Fsp3) is 0.348. The van der Waals surface area contributed by atoms with Gasteiger partial charge in [-0.2, -0.15) is 5.26 Å². The molecule has 3 fully saturated rings. The Morgan fingerprint density at radius 3 is 2.75 bits per heavy atom. The lowest BCUT2D eigenvalue weighted by molar-refractivity contribution is 0.0691. The molecule has 0 unspecified atom stereocenters. The second kappa shape index (κ2) is 7.61. The van der Waals surface area contributed by atoms with Crippen molar-refractivity contribution in [3.05, 3.63) is 51.9 Å². The number of halogens is 1. The summed E-state index contributed by atoms with van der Waals surface area (Å²) in [6.07, 6.45) is 2.29. The quantitative estimate of drug-likeness (QED) is 0.554. The summed E-state index contributed by atoms with van der Waals surface area (Å²) in [7, 11) is 0. The van der Waals surface area contributed by atoms with Crippen LogP contribution in [0.3, 0.4) is 0 Å². The van der Waals surface area contributed by atoms with Crippen molar-refractivity contribution in [2.75, 3.05) is 16.8 Å². The number of aromatic carboxylic acids is 1. The van der Waals surface area contributed by atoms with Crippen LogP contribution in [0.15, 0.2) is 24.3 Å². The highest BCUT2D eigenvalue weighted by Crippen LogP contribution is 2.43. The molecule has 1 atom stereocenters. The van der Waals surface area contributed by atoms with E-state index in [1.165, 1.54) is 0 Å². The molecule has 2 bridgehead atoms. The van der Waals surface area contributed by atoms with Gasteiger partial charge in [0.25, 0.3) is 0 Å². The molecular formula is C23H21ClN6O2. The first-order valence-corrected chi connectivity index (χ1v) is 10.9. The van der Waals surface area contributed by atoms with E-state index in [9.17, 15) is 15.2 Å². The van der Waals surface area contributed by atoms with Crippen molar-refractivity contribution in [3.63, 3.8) is 0 Å². The monoisotopic (exact) mass is 448 g/mol. The Morgan fingerprint density at radius 1 is 1.31 bits per heavy atom. The van der Waals surface area contributed by atoms with Crippen molar-refractivity contribution < 1.29 is 9.90 Å². The minimum atomic E-state index is -1.16. The van der Waals surface area contributed by atoms with Crippen LogP contribution < -0.4 is 10.2 Å². The maximum atomic E-state index is 11.6. The van der Waals surface area contributed by atoms with Crippen molar-refractivity contribution in [1.82, 2.24) is 15.0 Å². The van der Waals surface area contributed by atoms with Crippen molar-refractivity contribution in [2.24, 2.45) is 5.92 Å². The van der Waals surface area contributed by atoms with Crippen LogP contribution in [-0.2, 0) is 0 Å². The van der Waals surface area contributed by atoms with Gasteiger partial charge in [-0.1, -0.05) is 17.7 Å². The van der Waals surface area contributed by atoms with Crippen LogP contribution in [0, 0.1) is 24.2 Å². The van der Waals surface area contributed by atoms with Crippen molar-refractivity contribution >= 4 is 40.1 Å². The van der Waals surface area contributed by atoms with E-state index in [2.05, 4.69) is 26.3 Å². The Balaban J connectivity index is 1.59. The number of aromatic nitrogens is 3. The fourth-order valence-corrected chi connectivity index (χ4v) is 4.89. The number of nitrogens with zero attached hydrogens (tertiary/aromatic N) is 5. The number of rotatable bonds is 5. The molecule has 4 heterocycles. The topological polar surface area (TPSA) is 115 Å². The van der Waals surface area contributed by atoms with Crippen molar-refractivity contribution in [2.45, 2.75) is 38.8 Å². The van der Waals surface area contributed by atoms with Gasteiger partial charge in [-0.15, -0.1) is 0 Å². The Labute approximate surface area is 189 Å². The molecule has 32 heavy (non-hydrogen) atoms. The molecule has 6 rings (SSSR count). The molecule has 1 aliphatic carbocycles. The molecule has 2 aliphatic heterocycles. The minimum Gasteiger partial charge on any atom is -0.476 e.